The Morgan fingerprint density at radius 2 is 2.11 bits per heavy atom. The molecule has 2 N–H and O–H groups in total. The Bertz CT molecular complexity index is 1440. The van der Waals surface area contributed by atoms with Crippen LogP contribution in [0.5, 0.6) is 11.5 Å². The third kappa shape index (κ3) is 3.71. The van der Waals surface area contributed by atoms with E-state index in [1.54, 1.807) is 42.2 Å². The molecule has 0 spiro atoms. The van der Waals surface area contributed by atoms with Crippen LogP contribution in [0.3, 0.4) is 0 Å². The Balaban J connectivity index is 1.66. The van der Waals surface area contributed by atoms with Gasteiger partial charge in [0.25, 0.3) is 5.91 Å². The molecule has 5 rings (SSSR count). The van der Waals surface area contributed by atoms with Gasteiger partial charge in [-0.05, 0) is 48.9 Å². The molecule has 0 aliphatic carbocycles. The number of hydrogen-bond donors (Lipinski definition) is 2. The standard InChI is InChI=1S/C28H29FN4O4/c1-5-12-31(6-2)13-14-32-26(35)28(3)16-19-22-20(10-11-21(37-4)23(22)29)30-24(19)25(33(28)27(32)36)17-8-7-9-18(34)15-17/h1,7-11,15,25,30,34H,6,12-14,16H2,2-4H3/t25-,28+/m1/s1. The van der Waals surface area contributed by atoms with Crippen LogP contribution in [0, 0.1) is 18.2 Å². The molecule has 0 bridgehead atoms. The molecule has 0 unspecified atom stereocenters. The molecule has 2 aromatic carbocycles. The van der Waals surface area contributed by atoms with E-state index in [1.165, 1.54) is 18.1 Å². The van der Waals surface area contributed by atoms with Gasteiger partial charge in [-0.3, -0.25) is 19.5 Å². The summed E-state index contributed by atoms with van der Waals surface area (Å²) in [7, 11) is 1.40. The van der Waals surface area contributed by atoms with Gasteiger partial charge in [0, 0.05) is 36.1 Å². The molecule has 3 aromatic rings. The van der Waals surface area contributed by atoms with Crippen molar-refractivity contribution in [3.8, 4) is 23.8 Å². The zero-order valence-electron chi connectivity index (χ0n) is 21.0. The van der Waals surface area contributed by atoms with Crippen molar-refractivity contribution in [2.45, 2.75) is 31.8 Å². The zero-order valence-corrected chi connectivity index (χ0v) is 21.0. The number of benzene rings is 2. The number of phenolic OH excluding ortho intramolecular Hbond substituents is 1. The number of aromatic amines is 1. The van der Waals surface area contributed by atoms with E-state index in [0.29, 0.717) is 47.4 Å². The summed E-state index contributed by atoms with van der Waals surface area (Å²) in [6, 6.07) is 8.66. The largest absolute Gasteiger partial charge is 0.508 e. The van der Waals surface area contributed by atoms with Crippen molar-refractivity contribution >= 4 is 22.8 Å². The highest BCUT2D eigenvalue weighted by Gasteiger charge is 2.60. The maximum absolute atomic E-state index is 15.5. The molecule has 9 heteroatoms. The summed E-state index contributed by atoms with van der Waals surface area (Å²) in [4.78, 5) is 35.9. The monoisotopic (exact) mass is 504 g/mol. The Hall–Kier alpha value is -4.03. The van der Waals surface area contributed by atoms with Crippen LogP contribution in [-0.2, 0) is 11.2 Å². The number of amides is 3. The van der Waals surface area contributed by atoms with Crippen molar-refractivity contribution < 1.29 is 23.8 Å². The first-order valence-electron chi connectivity index (χ1n) is 12.2. The van der Waals surface area contributed by atoms with E-state index >= 15 is 4.39 Å². The smallest absolute Gasteiger partial charge is 0.328 e. The molecule has 1 aromatic heterocycles. The number of phenols is 1. The second kappa shape index (κ2) is 9.12. The van der Waals surface area contributed by atoms with Crippen LogP contribution in [0.4, 0.5) is 9.18 Å². The van der Waals surface area contributed by atoms with Gasteiger partial charge in [0.15, 0.2) is 11.6 Å². The number of imide groups is 1. The summed E-state index contributed by atoms with van der Waals surface area (Å²) in [5.74, 6) is 1.86. The van der Waals surface area contributed by atoms with Crippen molar-refractivity contribution in [2.75, 3.05) is 33.3 Å². The SMILES string of the molecule is C#CCN(CC)CCN1C(=O)N2[C@H](c3cccc(O)c3)c3[nH]c4ccc(OC)c(F)c4c3C[C@@]2(C)C1=O. The summed E-state index contributed by atoms with van der Waals surface area (Å²) in [6.07, 6.45) is 5.59. The van der Waals surface area contributed by atoms with Crippen LogP contribution >= 0.6 is 0 Å². The first kappa shape index (κ1) is 24.7. The topological polar surface area (TPSA) is 89.1 Å². The lowest BCUT2D eigenvalue weighted by atomic mass is 9.81. The predicted octanol–water partition coefficient (Wildman–Crippen LogP) is 3.64. The molecule has 3 amide bonds. The first-order chi connectivity index (χ1) is 17.7. The van der Waals surface area contributed by atoms with Gasteiger partial charge in [-0.1, -0.05) is 25.0 Å². The summed E-state index contributed by atoms with van der Waals surface area (Å²) >= 11 is 0. The number of likely N-dealkylation sites (N-methyl/N-ethyl adjacent to an activating group) is 1. The second-order valence-electron chi connectivity index (χ2n) is 9.65. The van der Waals surface area contributed by atoms with Gasteiger partial charge in [-0.2, -0.15) is 0 Å². The molecule has 192 valence electrons. The number of carbonyl (C=O) groups excluding carboxylic acids is 2. The summed E-state index contributed by atoms with van der Waals surface area (Å²) in [6.45, 7) is 5.42. The number of halogens is 1. The highest BCUT2D eigenvalue weighted by molar-refractivity contribution is 6.08. The van der Waals surface area contributed by atoms with Crippen LogP contribution < -0.4 is 4.74 Å². The number of methoxy groups -OCH3 is 1. The van der Waals surface area contributed by atoms with Crippen molar-refractivity contribution in [3.63, 3.8) is 0 Å². The third-order valence-corrected chi connectivity index (χ3v) is 7.54. The minimum atomic E-state index is -1.26. The molecule has 2 aliphatic heterocycles. The van der Waals surface area contributed by atoms with Gasteiger partial charge in [0.2, 0.25) is 0 Å². The molecular formula is C28H29FN4O4. The molecule has 2 atom stereocenters. The lowest BCUT2D eigenvalue weighted by Crippen LogP contribution is -2.53. The Morgan fingerprint density at radius 1 is 1.32 bits per heavy atom. The van der Waals surface area contributed by atoms with Gasteiger partial charge in [-0.15, -0.1) is 6.42 Å². The van der Waals surface area contributed by atoms with E-state index in [2.05, 4.69) is 10.9 Å². The van der Waals surface area contributed by atoms with Crippen LogP contribution in [0.2, 0.25) is 0 Å². The predicted molar refractivity (Wildman–Crippen MR) is 137 cm³/mol. The molecule has 8 nitrogen and oxygen atoms in total. The minimum absolute atomic E-state index is 0.0259. The number of nitrogens with one attached hydrogen (secondary N) is 1. The normalized spacial score (nSPS) is 20.9. The molecule has 0 saturated carbocycles. The van der Waals surface area contributed by atoms with Gasteiger partial charge in [0.1, 0.15) is 17.3 Å². The molecule has 2 aliphatic rings. The number of aromatic hydroxyl groups is 1. The lowest BCUT2D eigenvalue weighted by molar-refractivity contribution is -0.133. The van der Waals surface area contributed by atoms with E-state index in [9.17, 15) is 14.7 Å². The molecule has 1 saturated heterocycles. The first-order valence-corrected chi connectivity index (χ1v) is 12.2. The Kier molecular flexibility index (Phi) is 6.08. The van der Waals surface area contributed by atoms with E-state index in [0.717, 1.165) is 0 Å². The quantitative estimate of drug-likeness (QED) is 0.379. The summed E-state index contributed by atoms with van der Waals surface area (Å²) < 4.78 is 20.8. The lowest BCUT2D eigenvalue weighted by Gasteiger charge is -2.42. The highest BCUT2D eigenvalue weighted by Crippen LogP contribution is 2.49. The number of fused-ring (bicyclic) bond motifs is 4. The Labute approximate surface area is 214 Å². The second-order valence-corrected chi connectivity index (χ2v) is 9.65. The number of urea groups is 1. The van der Waals surface area contributed by atoms with E-state index in [4.69, 9.17) is 11.2 Å². The maximum atomic E-state index is 15.5. The summed E-state index contributed by atoms with van der Waals surface area (Å²) in [5.41, 5.74) is 1.12. The molecule has 37 heavy (non-hydrogen) atoms. The van der Waals surface area contributed by atoms with Crippen molar-refractivity contribution in [1.29, 1.82) is 0 Å². The van der Waals surface area contributed by atoms with Crippen molar-refractivity contribution in [3.05, 3.63) is 59.0 Å². The highest BCUT2D eigenvalue weighted by atomic mass is 19.1. The van der Waals surface area contributed by atoms with E-state index < -0.39 is 23.4 Å². The van der Waals surface area contributed by atoms with Crippen LogP contribution in [0.1, 0.15) is 36.7 Å². The van der Waals surface area contributed by atoms with E-state index in [-0.39, 0.29) is 30.4 Å². The fraction of sp³-hybridized carbons (Fsp3) is 0.357. The number of H-pyrrole nitrogens is 1. The van der Waals surface area contributed by atoms with Gasteiger partial charge >= 0.3 is 6.03 Å². The van der Waals surface area contributed by atoms with Crippen LogP contribution in [0.15, 0.2) is 36.4 Å². The fourth-order valence-corrected chi connectivity index (χ4v) is 5.66. The zero-order chi connectivity index (χ0) is 26.5. The molecular weight excluding hydrogens is 475 g/mol. The van der Waals surface area contributed by atoms with Gasteiger partial charge < -0.3 is 14.8 Å². The number of carbonyl (C=O) groups is 2. The summed E-state index contributed by atoms with van der Waals surface area (Å²) in [5, 5.41) is 10.6. The van der Waals surface area contributed by atoms with Gasteiger partial charge in [0.05, 0.1) is 13.7 Å². The molecule has 1 fully saturated rings. The number of nitrogens with zero attached hydrogens (tertiary/aromatic N) is 3. The third-order valence-electron chi connectivity index (χ3n) is 7.54. The van der Waals surface area contributed by atoms with Crippen molar-refractivity contribution in [2.24, 2.45) is 0 Å². The average Bonchev–Trinajstić information content (AvgIpc) is 3.33. The van der Waals surface area contributed by atoms with Crippen molar-refractivity contribution in [1.82, 2.24) is 19.7 Å². The Morgan fingerprint density at radius 3 is 2.78 bits per heavy atom. The fourth-order valence-electron chi connectivity index (χ4n) is 5.66. The number of rotatable bonds is 7. The number of terminal acetylenes is 1. The average molecular weight is 505 g/mol. The van der Waals surface area contributed by atoms with Gasteiger partial charge in [-0.25, -0.2) is 9.18 Å². The number of hydrogen-bond acceptors (Lipinski definition) is 5. The molecule has 0 radical (unpaired) electrons. The van der Waals surface area contributed by atoms with E-state index in [1.807, 2.05) is 11.8 Å². The maximum Gasteiger partial charge on any atom is 0.328 e. The number of ether oxygens (including phenoxy) is 1. The minimum Gasteiger partial charge on any atom is -0.508 e. The molecule has 3 heterocycles. The van der Waals surface area contributed by atoms with Crippen LogP contribution in [0.25, 0.3) is 10.9 Å². The number of aromatic nitrogens is 1. The van der Waals surface area contributed by atoms with Crippen LogP contribution in [-0.4, -0.2) is 75.6 Å².